The van der Waals surface area contributed by atoms with Crippen LogP contribution < -0.4 is 17.1 Å². The lowest BCUT2D eigenvalue weighted by molar-refractivity contribution is 0.888. The summed E-state index contributed by atoms with van der Waals surface area (Å²) in [5.74, 6) is 0. The molecule has 1 aromatic rings. The molecule has 0 bridgehead atoms. The molecule has 3 N–H and O–H groups in total. The van der Waals surface area contributed by atoms with Gasteiger partial charge in [0.2, 0.25) is 0 Å². The first-order valence-electron chi connectivity index (χ1n) is 3.11. The highest BCUT2D eigenvalue weighted by atomic mass is 16.2. The first kappa shape index (κ1) is 9.41. The van der Waals surface area contributed by atoms with E-state index in [2.05, 4.69) is 0 Å². The average Bonchev–Trinajstić information content (AvgIpc) is 1.88. The van der Waals surface area contributed by atoms with E-state index in [1.165, 1.54) is 0 Å². The van der Waals surface area contributed by atoms with Gasteiger partial charge in [0.1, 0.15) is 0 Å². The molecular weight excluding hydrogens is 150 g/mol. The van der Waals surface area contributed by atoms with Crippen LogP contribution in [-0.4, -0.2) is 15.0 Å². The van der Waals surface area contributed by atoms with Gasteiger partial charge < -0.3 is 0 Å². The zero-order valence-corrected chi connectivity index (χ0v) is 6.22. The third-order valence-electron chi connectivity index (χ3n) is 0.681. The van der Waals surface area contributed by atoms with Crippen LogP contribution in [0.5, 0.6) is 0 Å². The van der Waals surface area contributed by atoms with Crippen molar-refractivity contribution in [1.82, 2.24) is 15.0 Å². The van der Waals surface area contributed by atoms with Crippen LogP contribution in [0.3, 0.4) is 0 Å². The predicted molar refractivity (Wildman–Crippen MR) is 39.7 cm³/mol. The van der Waals surface area contributed by atoms with Gasteiger partial charge in [0, 0.05) is 0 Å². The topological polar surface area (TPSA) is 98.6 Å². The molecule has 0 spiro atoms. The Morgan fingerprint density at radius 1 is 0.727 bits per heavy atom. The normalized spacial score (nSPS) is 8.18. The van der Waals surface area contributed by atoms with Crippen molar-refractivity contribution in [2.75, 3.05) is 0 Å². The second-order valence-corrected chi connectivity index (χ2v) is 1.36. The molecule has 0 aromatic carbocycles. The van der Waals surface area contributed by atoms with E-state index in [-0.39, 0.29) is 0 Å². The van der Waals surface area contributed by atoms with Crippen LogP contribution >= 0.6 is 0 Å². The fraction of sp³-hybridized carbons (Fsp3) is 0.400. The van der Waals surface area contributed by atoms with Gasteiger partial charge >= 0.3 is 17.1 Å². The average molecular weight is 159 g/mol. The van der Waals surface area contributed by atoms with Crippen molar-refractivity contribution >= 4 is 0 Å². The quantitative estimate of drug-likeness (QED) is 0.442. The van der Waals surface area contributed by atoms with Crippen LogP contribution in [-0.2, 0) is 0 Å². The summed E-state index contributed by atoms with van der Waals surface area (Å²) in [6.45, 7) is 4.00. The van der Waals surface area contributed by atoms with Crippen LogP contribution in [0.4, 0.5) is 0 Å². The zero-order valence-electron chi connectivity index (χ0n) is 6.22. The van der Waals surface area contributed by atoms with E-state index in [4.69, 9.17) is 0 Å². The lowest BCUT2D eigenvalue weighted by Crippen LogP contribution is -2.34. The lowest BCUT2D eigenvalue weighted by atomic mass is 11.0. The van der Waals surface area contributed by atoms with Crippen LogP contribution in [0.25, 0.3) is 0 Å². The van der Waals surface area contributed by atoms with E-state index < -0.39 is 17.1 Å². The SMILES string of the molecule is CC.O=c1[nH]c(=O)[nH]c(=O)[nH]1. The Morgan fingerprint density at radius 3 is 1.09 bits per heavy atom. The van der Waals surface area contributed by atoms with Crippen LogP contribution in [0.2, 0.25) is 0 Å². The summed E-state index contributed by atoms with van der Waals surface area (Å²) < 4.78 is 0. The minimum Gasteiger partial charge on any atom is -0.259 e. The fourth-order valence-corrected chi connectivity index (χ4v) is 0.403. The second kappa shape index (κ2) is 4.26. The van der Waals surface area contributed by atoms with Gasteiger partial charge in [-0.1, -0.05) is 13.8 Å². The molecular formula is C5H9N3O3. The van der Waals surface area contributed by atoms with Gasteiger partial charge in [-0.05, 0) is 0 Å². The highest BCUT2D eigenvalue weighted by Gasteiger charge is 1.84. The summed E-state index contributed by atoms with van der Waals surface area (Å²) >= 11 is 0. The number of hydrogen-bond donors (Lipinski definition) is 3. The van der Waals surface area contributed by atoms with Crippen molar-refractivity contribution in [2.45, 2.75) is 13.8 Å². The molecule has 11 heavy (non-hydrogen) atoms. The van der Waals surface area contributed by atoms with Gasteiger partial charge in [0.15, 0.2) is 0 Å². The van der Waals surface area contributed by atoms with E-state index in [1.807, 2.05) is 13.8 Å². The summed E-state index contributed by atoms with van der Waals surface area (Å²) in [6, 6.07) is 0. The van der Waals surface area contributed by atoms with Crippen molar-refractivity contribution in [3.05, 3.63) is 31.5 Å². The van der Waals surface area contributed by atoms with Crippen molar-refractivity contribution in [3.8, 4) is 0 Å². The molecule has 0 amide bonds. The Kier molecular flexibility index (Phi) is 3.65. The number of rotatable bonds is 0. The van der Waals surface area contributed by atoms with Crippen molar-refractivity contribution in [1.29, 1.82) is 0 Å². The second-order valence-electron chi connectivity index (χ2n) is 1.36. The minimum absolute atomic E-state index is 0.802. The van der Waals surface area contributed by atoms with Gasteiger partial charge in [-0.2, -0.15) is 0 Å². The van der Waals surface area contributed by atoms with E-state index in [9.17, 15) is 14.4 Å². The molecule has 0 saturated heterocycles. The molecule has 0 saturated carbocycles. The van der Waals surface area contributed by atoms with Gasteiger partial charge in [-0.3, -0.25) is 15.0 Å². The third-order valence-corrected chi connectivity index (χ3v) is 0.681. The molecule has 0 aliphatic carbocycles. The van der Waals surface area contributed by atoms with Gasteiger partial charge in [-0.25, -0.2) is 14.4 Å². The molecule has 0 unspecified atom stereocenters. The van der Waals surface area contributed by atoms with E-state index in [0.717, 1.165) is 0 Å². The first-order valence-corrected chi connectivity index (χ1v) is 3.11. The number of aromatic nitrogens is 3. The molecule has 0 atom stereocenters. The number of hydrogen-bond acceptors (Lipinski definition) is 3. The largest absolute Gasteiger partial charge is 0.330 e. The van der Waals surface area contributed by atoms with E-state index >= 15 is 0 Å². The summed E-state index contributed by atoms with van der Waals surface area (Å²) in [4.78, 5) is 35.9. The summed E-state index contributed by atoms with van der Waals surface area (Å²) in [6.07, 6.45) is 0. The molecule has 1 rings (SSSR count). The molecule has 0 fully saturated rings. The van der Waals surface area contributed by atoms with Crippen LogP contribution in [0.1, 0.15) is 13.8 Å². The molecule has 0 radical (unpaired) electrons. The van der Waals surface area contributed by atoms with Crippen molar-refractivity contribution < 1.29 is 0 Å². The van der Waals surface area contributed by atoms with Gasteiger partial charge in [0.25, 0.3) is 0 Å². The third kappa shape index (κ3) is 3.19. The Morgan fingerprint density at radius 2 is 0.909 bits per heavy atom. The van der Waals surface area contributed by atoms with Crippen LogP contribution in [0.15, 0.2) is 14.4 Å². The first-order chi connectivity index (χ1) is 5.18. The van der Waals surface area contributed by atoms with Gasteiger partial charge in [-0.15, -0.1) is 0 Å². The van der Waals surface area contributed by atoms with Crippen molar-refractivity contribution in [2.24, 2.45) is 0 Å². The summed E-state index contributed by atoms with van der Waals surface area (Å²) in [5, 5.41) is 0. The Hall–Kier alpha value is -1.59. The highest BCUT2D eigenvalue weighted by Crippen LogP contribution is 1.29. The molecule has 0 aliphatic rings. The number of H-pyrrole nitrogens is 3. The monoisotopic (exact) mass is 159 g/mol. The predicted octanol–water partition coefficient (Wildman–Crippen LogP) is -1.22. The molecule has 1 aromatic heterocycles. The Labute approximate surface area is 61.3 Å². The Balaban J connectivity index is 0.000000461. The molecule has 6 heteroatoms. The van der Waals surface area contributed by atoms with Crippen LogP contribution in [0, 0.1) is 0 Å². The van der Waals surface area contributed by atoms with E-state index in [1.54, 1.807) is 15.0 Å². The van der Waals surface area contributed by atoms with Crippen molar-refractivity contribution in [3.63, 3.8) is 0 Å². The van der Waals surface area contributed by atoms with Gasteiger partial charge in [0.05, 0.1) is 0 Å². The number of nitrogens with one attached hydrogen (secondary N) is 3. The summed E-state index contributed by atoms with van der Waals surface area (Å²) in [7, 11) is 0. The lowest BCUT2D eigenvalue weighted by Gasteiger charge is -1.77. The molecule has 1 heterocycles. The highest BCUT2D eigenvalue weighted by molar-refractivity contribution is 4.60. The molecule has 6 nitrogen and oxygen atoms in total. The summed E-state index contributed by atoms with van der Waals surface area (Å²) in [5.41, 5.74) is -2.41. The van der Waals surface area contributed by atoms with E-state index in [0.29, 0.717) is 0 Å². The Bertz CT molecular complexity index is 279. The maximum Gasteiger partial charge on any atom is 0.330 e. The smallest absolute Gasteiger partial charge is 0.259 e. The number of aromatic amines is 3. The zero-order chi connectivity index (χ0) is 8.85. The maximum absolute atomic E-state index is 10.2. The molecule has 62 valence electrons. The maximum atomic E-state index is 10.2. The molecule has 0 aliphatic heterocycles. The standard InChI is InChI=1S/C3H3N3O3.C2H6/c7-1-4-2(8)6-3(9)5-1;1-2/h(H3,4,5,6,7,8,9);1-2H3. The minimum atomic E-state index is -0.802. The fourth-order valence-electron chi connectivity index (χ4n) is 0.403.